The Morgan fingerprint density at radius 1 is 1.62 bits per heavy atom. The Morgan fingerprint density at radius 3 is 3.06 bits per heavy atom. The van der Waals surface area contributed by atoms with E-state index in [0.29, 0.717) is 12.3 Å². The van der Waals surface area contributed by atoms with E-state index in [1.54, 1.807) is 18.7 Å². The minimum Gasteiger partial charge on any atom is -0.388 e. The van der Waals surface area contributed by atoms with Crippen LogP contribution in [0.3, 0.4) is 0 Å². The quantitative estimate of drug-likeness (QED) is 0.655. The maximum atomic E-state index is 11.6. The first-order valence-electron chi connectivity index (χ1n) is 5.77. The molecule has 2 unspecified atom stereocenters. The Labute approximate surface area is 102 Å². The van der Waals surface area contributed by atoms with Crippen LogP contribution in [0.4, 0.5) is 0 Å². The van der Waals surface area contributed by atoms with Crippen molar-refractivity contribution in [1.82, 2.24) is 10.6 Å². The third-order valence-corrected chi connectivity index (χ3v) is 3.63. The van der Waals surface area contributed by atoms with Gasteiger partial charge >= 0.3 is 0 Å². The summed E-state index contributed by atoms with van der Waals surface area (Å²) in [5.41, 5.74) is -0.744. The number of carbonyl (C=O) groups is 1. The number of rotatable bonds is 5. The molecule has 0 saturated carbocycles. The van der Waals surface area contributed by atoms with Crippen LogP contribution in [0.15, 0.2) is 0 Å². The molecule has 0 aromatic rings. The molecule has 94 valence electrons. The molecule has 1 heterocycles. The molecule has 0 bridgehead atoms. The topological polar surface area (TPSA) is 61.4 Å². The van der Waals surface area contributed by atoms with Gasteiger partial charge in [0.2, 0.25) is 5.91 Å². The highest BCUT2D eigenvalue weighted by atomic mass is 32.2. The second-order valence-corrected chi connectivity index (χ2v) is 5.52. The van der Waals surface area contributed by atoms with Gasteiger partial charge in [-0.15, -0.1) is 0 Å². The summed E-state index contributed by atoms with van der Waals surface area (Å²) < 4.78 is 0. The maximum absolute atomic E-state index is 11.6. The molecule has 1 rings (SSSR count). The molecule has 0 spiro atoms. The van der Waals surface area contributed by atoms with E-state index in [1.807, 2.05) is 6.26 Å². The van der Waals surface area contributed by atoms with Crippen LogP contribution in [0.1, 0.15) is 26.2 Å². The molecule has 2 atom stereocenters. The lowest BCUT2D eigenvalue weighted by Gasteiger charge is -2.25. The summed E-state index contributed by atoms with van der Waals surface area (Å²) in [5, 5.41) is 16.0. The van der Waals surface area contributed by atoms with E-state index in [-0.39, 0.29) is 11.9 Å². The van der Waals surface area contributed by atoms with Crippen molar-refractivity contribution in [3.05, 3.63) is 0 Å². The molecule has 0 radical (unpaired) electrons. The number of amides is 1. The molecular formula is C11H22N2O2S. The van der Waals surface area contributed by atoms with Crippen molar-refractivity contribution in [2.45, 2.75) is 37.8 Å². The van der Waals surface area contributed by atoms with Gasteiger partial charge in [0.25, 0.3) is 0 Å². The molecule has 1 aliphatic rings. The average molecular weight is 246 g/mol. The largest absolute Gasteiger partial charge is 0.388 e. The third kappa shape index (κ3) is 4.72. The summed E-state index contributed by atoms with van der Waals surface area (Å²) in [4.78, 5) is 11.6. The van der Waals surface area contributed by atoms with Crippen LogP contribution in [-0.2, 0) is 4.79 Å². The molecule has 16 heavy (non-hydrogen) atoms. The Morgan fingerprint density at radius 2 is 2.38 bits per heavy atom. The smallest absolute Gasteiger partial charge is 0.237 e. The number of thioether (sulfide) groups is 1. The van der Waals surface area contributed by atoms with Crippen molar-refractivity contribution in [3.8, 4) is 0 Å². The Bertz CT molecular complexity index is 234. The maximum Gasteiger partial charge on any atom is 0.237 e. The summed E-state index contributed by atoms with van der Waals surface area (Å²) in [5.74, 6) is 0.742. The van der Waals surface area contributed by atoms with E-state index in [9.17, 15) is 9.90 Å². The predicted molar refractivity (Wildman–Crippen MR) is 67.7 cm³/mol. The lowest BCUT2D eigenvalue weighted by molar-refractivity contribution is -0.123. The minimum absolute atomic E-state index is 0.0671. The van der Waals surface area contributed by atoms with Crippen LogP contribution in [0, 0.1) is 0 Å². The van der Waals surface area contributed by atoms with Gasteiger partial charge in [-0.25, -0.2) is 0 Å². The van der Waals surface area contributed by atoms with Gasteiger partial charge in [-0.2, -0.15) is 11.8 Å². The van der Waals surface area contributed by atoms with E-state index in [4.69, 9.17) is 0 Å². The van der Waals surface area contributed by atoms with Crippen LogP contribution < -0.4 is 10.6 Å². The van der Waals surface area contributed by atoms with Crippen molar-refractivity contribution in [1.29, 1.82) is 0 Å². The van der Waals surface area contributed by atoms with Crippen LogP contribution in [0.2, 0.25) is 0 Å². The second kappa shape index (κ2) is 6.47. The predicted octanol–water partition coefficient (Wildman–Crippen LogP) is 0.359. The summed E-state index contributed by atoms with van der Waals surface area (Å²) in [6.45, 7) is 3.04. The zero-order chi connectivity index (χ0) is 12.0. The van der Waals surface area contributed by atoms with Crippen molar-refractivity contribution in [2.75, 3.05) is 25.1 Å². The number of hydrogen-bond acceptors (Lipinski definition) is 4. The zero-order valence-electron chi connectivity index (χ0n) is 10.1. The van der Waals surface area contributed by atoms with Gasteiger partial charge in [-0.05, 0) is 32.4 Å². The fourth-order valence-corrected chi connectivity index (χ4v) is 2.56. The standard InChI is InChI=1S/C11H22N2O2S/c1-11(15,8-16-2)7-13-9-5-3-4-6-12-10(9)14/h9,13,15H,3-8H2,1-2H3,(H,12,14). The van der Waals surface area contributed by atoms with Crippen molar-refractivity contribution >= 4 is 17.7 Å². The van der Waals surface area contributed by atoms with Crippen LogP contribution in [0.25, 0.3) is 0 Å². The number of aliphatic hydroxyl groups is 1. The van der Waals surface area contributed by atoms with Crippen LogP contribution in [-0.4, -0.2) is 47.8 Å². The van der Waals surface area contributed by atoms with Crippen molar-refractivity contribution < 1.29 is 9.90 Å². The van der Waals surface area contributed by atoms with E-state index in [1.165, 1.54) is 0 Å². The van der Waals surface area contributed by atoms with E-state index >= 15 is 0 Å². The average Bonchev–Trinajstić information content (AvgIpc) is 2.40. The van der Waals surface area contributed by atoms with Crippen molar-refractivity contribution in [3.63, 3.8) is 0 Å². The van der Waals surface area contributed by atoms with Gasteiger partial charge in [0.1, 0.15) is 0 Å². The molecule has 1 aliphatic heterocycles. The monoisotopic (exact) mass is 246 g/mol. The van der Waals surface area contributed by atoms with E-state index in [2.05, 4.69) is 10.6 Å². The molecule has 4 nitrogen and oxygen atoms in total. The molecule has 1 amide bonds. The first kappa shape index (κ1) is 13.8. The molecule has 5 heteroatoms. The van der Waals surface area contributed by atoms with E-state index in [0.717, 1.165) is 25.8 Å². The van der Waals surface area contributed by atoms with Gasteiger partial charge < -0.3 is 15.7 Å². The SMILES string of the molecule is CSCC(C)(O)CNC1CCCCNC1=O. The van der Waals surface area contributed by atoms with Gasteiger partial charge in [0.15, 0.2) is 0 Å². The van der Waals surface area contributed by atoms with Crippen LogP contribution >= 0.6 is 11.8 Å². The highest BCUT2D eigenvalue weighted by Crippen LogP contribution is 2.11. The first-order valence-corrected chi connectivity index (χ1v) is 7.17. The second-order valence-electron chi connectivity index (χ2n) is 4.65. The summed E-state index contributed by atoms with van der Waals surface area (Å²) in [7, 11) is 0. The summed E-state index contributed by atoms with van der Waals surface area (Å²) in [6, 6.07) is -0.143. The molecule has 0 aromatic heterocycles. The normalized spacial score (nSPS) is 25.7. The van der Waals surface area contributed by atoms with Gasteiger partial charge in [0, 0.05) is 18.8 Å². The molecule has 1 fully saturated rings. The fourth-order valence-electron chi connectivity index (χ4n) is 1.84. The first-order chi connectivity index (χ1) is 7.55. The molecular weight excluding hydrogens is 224 g/mol. The molecule has 3 N–H and O–H groups in total. The third-order valence-electron chi connectivity index (χ3n) is 2.72. The highest BCUT2D eigenvalue weighted by molar-refractivity contribution is 7.98. The Kier molecular flexibility index (Phi) is 5.58. The van der Waals surface area contributed by atoms with Crippen LogP contribution in [0.5, 0.6) is 0 Å². The number of nitrogens with one attached hydrogen (secondary N) is 2. The molecule has 1 saturated heterocycles. The number of hydrogen-bond donors (Lipinski definition) is 3. The zero-order valence-corrected chi connectivity index (χ0v) is 10.9. The minimum atomic E-state index is -0.744. The summed E-state index contributed by atoms with van der Waals surface area (Å²) >= 11 is 1.61. The fraction of sp³-hybridized carbons (Fsp3) is 0.909. The van der Waals surface area contributed by atoms with Gasteiger partial charge in [-0.1, -0.05) is 0 Å². The van der Waals surface area contributed by atoms with E-state index < -0.39 is 5.60 Å². The molecule has 0 aliphatic carbocycles. The lowest BCUT2D eigenvalue weighted by Crippen LogP contribution is -2.49. The highest BCUT2D eigenvalue weighted by Gasteiger charge is 2.25. The van der Waals surface area contributed by atoms with Gasteiger partial charge in [-0.3, -0.25) is 4.79 Å². The Hall–Kier alpha value is -0.260. The Balaban J connectivity index is 2.37. The van der Waals surface area contributed by atoms with Gasteiger partial charge in [0.05, 0.1) is 11.6 Å². The molecule has 0 aromatic carbocycles. The lowest BCUT2D eigenvalue weighted by atomic mass is 10.1. The summed E-state index contributed by atoms with van der Waals surface area (Å²) in [6.07, 6.45) is 4.93. The van der Waals surface area contributed by atoms with Crippen molar-refractivity contribution in [2.24, 2.45) is 0 Å². The number of carbonyl (C=O) groups excluding carboxylic acids is 1.